The van der Waals surface area contributed by atoms with Crippen LogP contribution in [-0.2, 0) is 0 Å². The molecule has 0 aliphatic rings. The molecule has 0 N–H and O–H groups in total. The van der Waals surface area contributed by atoms with E-state index in [-0.39, 0.29) is 29.6 Å². The molecule has 0 aliphatic heterocycles. The van der Waals surface area contributed by atoms with Crippen LogP contribution in [0.3, 0.4) is 0 Å². The van der Waals surface area contributed by atoms with Gasteiger partial charge in [-0.3, -0.25) is 0 Å². The molecule has 0 aromatic heterocycles. The van der Waals surface area contributed by atoms with Gasteiger partial charge in [-0.05, 0) is 5.92 Å². The number of unbranched alkanes of at least 4 members (excludes halogenated alkanes) is 6. The molecule has 0 fully saturated rings. The van der Waals surface area contributed by atoms with Gasteiger partial charge in [-0.25, -0.2) is 0 Å². The van der Waals surface area contributed by atoms with Crippen molar-refractivity contribution >= 4 is 29.6 Å². The zero-order valence-corrected chi connectivity index (χ0v) is 9.23. The zero-order valence-electron chi connectivity index (χ0n) is 9.23. The molecule has 0 amide bonds. The van der Waals surface area contributed by atoms with Crippen molar-refractivity contribution in [1.29, 1.82) is 0 Å². The second-order valence-corrected chi connectivity index (χ2v) is 4.30. The molecule has 0 rings (SSSR count). The first-order valence-electron chi connectivity index (χ1n) is 5.77. The average molecular weight is 194 g/mol. The van der Waals surface area contributed by atoms with Crippen LogP contribution >= 0.6 is 0 Å². The van der Waals surface area contributed by atoms with Crippen molar-refractivity contribution in [3.8, 4) is 0 Å². The molecular weight excluding hydrogens is 167 g/mol. The summed E-state index contributed by atoms with van der Waals surface area (Å²) >= 11 is 0. The van der Waals surface area contributed by atoms with Gasteiger partial charge >= 0.3 is 29.6 Å². The minimum atomic E-state index is 0. The van der Waals surface area contributed by atoms with Crippen molar-refractivity contribution in [2.24, 2.45) is 5.92 Å². The van der Waals surface area contributed by atoms with Gasteiger partial charge in [0, 0.05) is 0 Å². The van der Waals surface area contributed by atoms with E-state index in [9.17, 15) is 0 Å². The molecule has 0 spiro atoms. The summed E-state index contributed by atoms with van der Waals surface area (Å²) in [6.45, 7) is 6.91. The Hall–Kier alpha value is 1.00. The van der Waals surface area contributed by atoms with Crippen molar-refractivity contribution in [3.05, 3.63) is 0 Å². The summed E-state index contributed by atoms with van der Waals surface area (Å²) in [6.07, 6.45) is 11.5. The molecule has 0 atom stereocenters. The SMILES string of the molecule is CCCCCCCCCC(C)C.[NaH]. The summed E-state index contributed by atoms with van der Waals surface area (Å²) in [5.41, 5.74) is 0. The van der Waals surface area contributed by atoms with E-state index in [0.717, 1.165) is 5.92 Å². The normalized spacial score (nSPS) is 10.2. The maximum atomic E-state index is 2.32. The van der Waals surface area contributed by atoms with Crippen LogP contribution in [0.2, 0.25) is 0 Å². The van der Waals surface area contributed by atoms with E-state index in [1.807, 2.05) is 0 Å². The Morgan fingerprint density at radius 2 is 1.23 bits per heavy atom. The molecule has 1 heteroatoms. The third-order valence-corrected chi connectivity index (χ3v) is 2.39. The Bertz CT molecular complexity index is 79.2. The van der Waals surface area contributed by atoms with Crippen LogP contribution in [0.25, 0.3) is 0 Å². The average Bonchev–Trinajstić information content (AvgIpc) is 2.02. The van der Waals surface area contributed by atoms with Crippen LogP contribution in [0.4, 0.5) is 0 Å². The Balaban J connectivity index is 0. The monoisotopic (exact) mass is 194 g/mol. The van der Waals surface area contributed by atoms with Crippen molar-refractivity contribution in [2.75, 3.05) is 0 Å². The van der Waals surface area contributed by atoms with Crippen molar-refractivity contribution < 1.29 is 0 Å². The fourth-order valence-electron chi connectivity index (χ4n) is 1.51. The van der Waals surface area contributed by atoms with E-state index in [1.165, 1.54) is 51.4 Å². The first-order valence-corrected chi connectivity index (χ1v) is 5.77. The van der Waals surface area contributed by atoms with Gasteiger partial charge < -0.3 is 0 Å². The molecule has 13 heavy (non-hydrogen) atoms. The van der Waals surface area contributed by atoms with Crippen LogP contribution in [0.1, 0.15) is 72.1 Å². The molecule has 0 saturated heterocycles. The predicted molar refractivity (Wildman–Crippen MR) is 64.6 cm³/mol. The Morgan fingerprint density at radius 3 is 1.69 bits per heavy atom. The third-order valence-electron chi connectivity index (χ3n) is 2.39. The van der Waals surface area contributed by atoms with Crippen LogP contribution in [0.15, 0.2) is 0 Å². The van der Waals surface area contributed by atoms with Crippen molar-refractivity contribution in [2.45, 2.75) is 72.1 Å². The maximum absolute atomic E-state index is 2.32. The molecule has 0 aromatic rings. The fourth-order valence-corrected chi connectivity index (χ4v) is 1.51. The Kier molecular flexibility index (Phi) is 16.4. The number of rotatable bonds is 8. The molecule has 0 nitrogen and oxygen atoms in total. The number of hydrogen-bond donors (Lipinski definition) is 0. The van der Waals surface area contributed by atoms with Gasteiger partial charge in [0.15, 0.2) is 0 Å². The summed E-state index contributed by atoms with van der Waals surface area (Å²) in [5.74, 6) is 0.903. The summed E-state index contributed by atoms with van der Waals surface area (Å²) in [4.78, 5) is 0. The second-order valence-electron chi connectivity index (χ2n) is 4.30. The number of hydrogen-bond acceptors (Lipinski definition) is 0. The quantitative estimate of drug-likeness (QED) is 0.402. The molecule has 76 valence electrons. The van der Waals surface area contributed by atoms with Gasteiger partial charge in [0.05, 0.1) is 0 Å². The molecule has 0 aliphatic carbocycles. The topological polar surface area (TPSA) is 0 Å². The van der Waals surface area contributed by atoms with E-state index in [1.54, 1.807) is 0 Å². The van der Waals surface area contributed by atoms with Crippen LogP contribution in [0, 0.1) is 5.92 Å². The van der Waals surface area contributed by atoms with E-state index in [2.05, 4.69) is 20.8 Å². The predicted octanol–water partition coefficient (Wildman–Crippen LogP) is 4.13. The van der Waals surface area contributed by atoms with Crippen molar-refractivity contribution in [1.82, 2.24) is 0 Å². The van der Waals surface area contributed by atoms with Gasteiger partial charge in [0.1, 0.15) is 0 Å². The van der Waals surface area contributed by atoms with E-state index < -0.39 is 0 Å². The summed E-state index contributed by atoms with van der Waals surface area (Å²) < 4.78 is 0. The van der Waals surface area contributed by atoms with Crippen LogP contribution in [0.5, 0.6) is 0 Å². The van der Waals surface area contributed by atoms with Gasteiger partial charge in [-0.1, -0.05) is 72.1 Å². The fraction of sp³-hybridized carbons (Fsp3) is 1.00. The van der Waals surface area contributed by atoms with E-state index in [0.29, 0.717) is 0 Å². The summed E-state index contributed by atoms with van der Waals surface area (Å²) in [5, 5.41) is 0. The Labute approximate surface area is 107 Å². The molecule has 0 saturated carbocycles. The first-order chi connectivity index (χ1) is 5.77. The zero-order chi connectivity index (χ0) is 9.23. The van der Waals surface area contributed by atoms with Crippen molar-refractivity contribution in [3.63, 3.8) is 0 Å². The van der Waals surface area contributed by atoms with Gasteiger partial charge in [0.2, 0.25) is 0 Å². The molecule has 0 bridgehead atoms. The molecule has 0 aromatic carbocycles. The summed E-state index contributed by atoms with van der Waals surface area (Å²) in [7, 11) is 0. The van der Waals surface area contributed by atoms with Crippen LogP contribution in [-0.4, -0.2) is 29.6 Å². The van der Waals surface area contributed by atoms with Gasteiger partial charge in [0.25, 0.3) is 0 Å². The third kappa shape index (κ3) is 15.7. The molecule has 0 heterocycles. The Morgan fingerprint density at radius 1 is 0.769 bits per heavy atom. The summed E-state index contributed by atoms with van der Waals surface area (Å²) in [6, 6.07) is 0. The van der Waals surface area contributed by atoms with Gasteiger partial charge in [-0.15, -0.1) is 0 Å². The molecular formula is C12H27Na. The van der Waals surface area contributed by atoms with E-state index >= 15 is 0 Å². The van der Waals surface area contributed by atoms with Crippen LogP contribution < -0.4 is 0 Å². The standard InChI is InChI=1S/C12H26.Na.H/c1-4-5-6-7-8-9-10-11-12(2)3;;/h12H,4-11H2,1-3H3;;. The second kappa shape index (κ2) is 13.0. The first kappa shape index (κ1) is 16.4. The van der Waals surface area contributed by atoms with E-state index in [4.69, 9.17) is 0 Å². The molecule has 0 radical (unpaired) electrons. The molecule has 0 unspecified atom stereocenters. The van der Waals surface area contributed by atoms with Gasteiger partial charge in [-0.2, -0.15) is 0 Å². The minimum absolute atomic E-state index is 0.